The number of rotatable bonds is 7. The molecule has 3 rings (SSSR count). The Balaban J connectivity index is 1.51. The highest BCUT2D eigenvalue weighted by atomic mass is 16.2. The van der Waals surface area contributed by atoms with Gasteiger partial charge >= 0.3 is 0 Å². The Bertz CT molecular complexity index is 598. The number of carbonyl (C=O) groups is 2. The first-order valence-electron chi connectivity index (χ1n) is 9.40. The van der Waals surface area contributed by atoms with Crippen LogP contribution in [0.25, 0.3) is 0 Å². The van der Waals surface area contributed by atoms with Crippen molar-refractivity contribution in [1.29, 1.82) is 0 Å². The largest absolute Gasteiger partial charge is 0.350 e. The zero-order valence-corrected chi connectivity index (χ0v) is 15.2. The van der Waals surface area contributed by atoms with Crippen LogP contribution in [0.1, 0.15) is 38.7 Å². The third-order valence-electron chi connectivity index (χ3n) is 5.10. The predicted molar refractivity (Wildman–Crippen MR) is 98.1 cm³/mol. The lowest BCUT2D eigenvalue weighted by Crippen LogP contribution is -2.52. The van der Waals surface area contributed by atoms with Crippen LogP contribution >= 0.6 is 0 Å². The average molecular weight is 343 g/mol. The van der Waals surface area contributed by atoms with Crippen LogP contribution in [0.4, 0.5) is 0 Å². The van der Waals surface area contributed by atoms with Gasteiger partial charge in [0, 0.05) is 25.2 Å². The van der Waals surface area contributed by atoms with Crippen molar-refractivity contribution < 1.29 is 9.59 Å². The van der Waals surface area contributed by atoms with Crippen LogP contribution in [-0.2, 0) is 16.0 Å². The molecule has 1 aromatic carbocycles. The monoisotopic (exact) mass is 343 g/mol. The maximum absolute atomic E-state index is 12.7. The van der Waals surface area contributed by atoms with Gasteiger partial charge in [0.2, 0.25) is 11.8 Å². The lowest BCUT2D eigenvalue weighted by Gasteiger charge is -2.24. The summed E-state index contributed by atoms with van der Waals surface area (Å²) < 4.78 is 0. The molecule has 2 aliphatic rings. The Kier molecular flexibility index (Phi) is 5.74. The van der Waals surface area contributed by atoms with Crippen molar-refractivity contribution in [1.82, 2.24) is 15.5 Å². The fourth-order valence-electron chi connectivity index (χ4n) is 3.51. The zero-order valence-electron chi connectivity index (χ0n) is 15.2. The average Bonchev–Trinajstić information content (AvgIpc) is 3.33. The number of likely N-dealkylation sites (tertiary alicyclic amines) is 1. The molecule has 1 aliphatic heterocycles. The highest BCUT2D eigenvalue weighted by Crippen LogP contribution is 2.29. The quantitative estimate of drug-likeness (QED) is 0.792. The van der Waals surface area contributed by atoms with Gasteiger partial charge in [-0.1, -0.05) is 44.2 Å². The van der Waals surface area contributed by atoms with Gasteiger partial charge in [0.1, 0.15) is 6.04 Å². The van der Waals surface area contributed by atoms with E-state index in [1.807, 2.05) is 44.2 Å². The van der Waals surface area contributed by atoms with Gasteiger partial charge in [-0.3, -0.25) is 14.5 Å². The smallest absolute Gasteiger partial charge is 0.243 e. The van der Waals surface area contributed by atoms with Crippen LogP contribution in [0.5, 0.6) is 0 Å². The Morgan fingerprint density at radius 3 is 2.52 bits per heavy atom. The SMILES string of the molecule is CC(C)C(NC(=O)Cc1ccccc1)C(=O)NC1CCN(C2CC2)C1. The van der Waals surface area contributed by atoms with Crippen LogP contribution in [0, 0.1) is 5.92 Å². The number of nitrogens with zero attached hydrogens (tertiary/aromatic N) is 1. The predicted octanol–water partition coefficient (Wildman–Crippen LogP) is 1.72. The standard InChI is InChI=1S/C20H29N3O2/c1-14(2)19(22-18(24)12-15-6-4-3-5-7-15)20(25)21-16-10-11-23(13-16)17-8-9-17/h3-7,14,16-17,19H,8-13H2,1-2H3,(H,21,25)(H,22,24). The summed E-state index contributed by atoms with van der Waals surface area (Å²) in [6.45, 7) is 5.96. The number of hydrogen-bond acceptors (Lipinski definition) is 3. The van der Waals surface area contributed by atoms with E-state index >= 15 is 0 Å². The first-order valence-corrected chi connectivity index (χ1v) is 9.40. The number of nitrogens with one attached hydrogen (secondary N) is 2. The Morgan fingerprint density at radius 2 is 1.88 bits per heavy atom. The summed E-state index contributed by atoms with van der Waals surface area (Å²) in [4.78, 5) is 27.5. The molecule has 1 heterocycles. The van der Waals surface area contributed by atoms with Gasteiger partial charge in [-0.15, -0.1) is 0 Å². The lowest BCUT2D eigenvalue weighted by atomic mass is 10.0. The summed E-state index contributed by atoms with van der Waals surface area (Å²) in [6.07, 6.45) is 3.90. The molecule has 0 aromatic heterocycles. The molecular weight excluding hydrogens is 314 g/mol. The molecule has 5 heteroatoms. The second-order valence-electron chi connectivity index (χ2n) is 7.67. The van der Waals surface area contributed by atoms with E-state index in [1.165, 1.54) is 12.8 Å². The third kappa shape index (κ3) is 5.05. The second-order valence-corrected chi connectivity index (χ2v) is 7.67. The van der Waals surface area contributed by atoms with Crippen LogP contribution in [0.2, 0.25) is 0 Å². The number of amides is 2. The van der Waals surface area contributed by atoms with Crippen LogP contribution < -0.4 is 10.6 Å². The van der Waals surface area contributed by atoms with Crippen molar-refractivity contribution >= 4 is 11.8 Å². The van der Waals surface area contributed by atoms with Crippen LogP contribution in [0.3, 0.4) is 0 Å². The fraction of sp³-hybridized carbons (Fsp3) is 0.600. The molecule has 0 spiro atoms. The van der Waals surface area contributed by atoms with E-state index in [1.54, 1.807) is 0 Å². The maximum atomic E-state index is 12.7. The van der Waals surface area contributed by atoms with Gasteiger partial charge in [-0.2, -0.15) is 0 Å². The summed E-state index contributed by atoms with van der Waals surface area (Å²) >= 11 is 0. The molecule has 1 aliphatic carbocycles. The highest BCUT2D eigenvalue weighted by molar-refractivity contribution is 5.88. The van der Waals surface area contributed by atoms with Gasteiger partial charge in [-0.05, 0) is 30.7 Å². The summed E-state index contributed by atoms with van der Waals surface area (Å²) in [5.41, 5.74) is 0.957. The van der Waals surface area contributed by atoms with Crippen molar-refractivity contribution in [3.05, 3.63) is 35.9 Å². The molecule has 2 N–H and O–H groups in total. The molecule has 5 nitrogen and oxygen atoms in total. The van der Waals surface area contributed by atoms with Crippen molar-refractivity contribution in [3.8, 4) is 0 Å². The molecular formula is C20H29N3O2. The molecule has 25 heavy (non-hydrogen) atoms. The Hall–Kier alpha value is -1.88. The third-order valence-corrected chi connectivity index (χ3v) is 5.10. The van der Waals surface area contributed by atoms with Crippen molar-refractivity contribution in [2.45, 2.75) is 57.7 Å². The zero-order chi connectivity index (χ0) is 17.8. The molecule has 2 amide bonds. The van der Waals surface area contributed by atoms with E-state index in [4.69, 9.17) is 0 Å². The Morgan fingerprint density at radius 1 is 1.16 bits per heavy atom. The topological polar surface area (TPSA) is 61.4 Å². The first-order chi connectivity index (χ1) is 12.0. The number of benzene rings is 1. The van der Waals surface area contributed by atoms with Crippen molar-refractivity contribution in [3.63, 3.8) is 0 Å². The van der Waals surface area contributed by atoms with Gasteiger partial charge in [0.25, 0.3) is 0 Å². The van der Waals surface area contributed by atoms with Gasteiger partial charge < -0.3 is 10.6 Å². The molecule has 1 saturated heterocycles. The van der Waals surface area contributed by atoms with Gasteiger partial charge in [0.05, 0.1) is 6.42 Å². The molecule has 1 saturated carbocycles. The number of hydrogen-bond donors (Lipinski definition) is 2. The normalized spacial score (nSPS) is 22.0. The maximum Gasteiger partial charge on any atom is 0.243 e. The molecule has 2 unspecified atom stereocenters. The minimum absolute atomic E-state index is 0.0562. The molecule has 2 atom stereocenters. The van der Waals surface area contributed by atoms with Crippen LogP contribution in [0.15, 0.2) is 30.3 Å². The molecule has 1 aromatic rings. The van der Waals surface area contributed by atoms with Gasteiger partial charge in [0.15, 0.2) is 0 Å². The van der Waals surface area contributed by atoms with Crippen molar-refractivity contribution in [2.24, 2.45) is 5.92 Å². The summed E-state index contributed by atoms with van der Waals surface area (Å²) in [5, 5.41) is 6.07. The molecule has 0 radical (unpaired) electrons. The Labute approximate surface area is 150 Å². The first kappa shape index (κ1) is 17.9. The molecule has 136 valence electrons. The minimum atomic E-state index is -0.480. The van der Waals surface area contributed by atoms with E-state index in [9.17, 15) is 9.59 Å². The van der Waals surface area contributed by atoms with Crippen molar-refractivity contribution in [2.75, 3.05) is 13.1 Å². The van der Waals surface area contributed by atoms with Gasteiger partial charge in [-0.25, -0.2) is 0 Å². The summed E-state index contributed by atoms with van der Waals surface area (Å²) in [7, 11) is 0. The minimum Gasteiger partial charge on any atom is -0.350 e. The summed E-state index contributed by atoms with van der Waals surface area (Å²) in [5.74, 6) is -0.106. The lowest BCUT2D eigenvalue weighted by molar-refractivity contribution is -0.130. The highest BCUT2D eigenvalue weighted by Gasteiger charge is 2.35. The number of carbonyl (C=O) groups excluding carboxylic acids is 2. The van der Waals surface area contributed by atoms with E-state index < -0.39 is 6.04 Å². The second kappa shape index (κ2) is 8.00. The van der Waals surface area contributed by atoms with E-state index in [0.717, 1.165) is 31.1 Å². The molecule has 2 fully saturated rings. The van der Waals surface area contributed by atoms with Crippen LogP contribution in [-0.4, -0.2) is 47.9 Å². The van der Waals surface area contributed by atoms with E-state index in [0.29, 0.717) is 6.42 Å². The fourth-order valence-corrected chi connectivity index (χ4v) is 3.51. The van der Waals surface area contributed by atoms with E-state index in [-0.39, 0.29) is 23.8 Å². The van der Waals surface area contributed by atoms with E-state index in [2.05, 4.69) is 15.5 Å². The summed E-state index contributed by atoms with van der Waals surface area (Å²) in [6, 6.07) is 10.1. The molecule has 0 bridgehead atoms.